The molecule has 3 aromatic rings. The van der Waals surface area contributed by atoms with Gasteiger partial charge in [0.15, 0.2) is 11.6 Å². The highest BCUT2D eigenvalue weighted by Crippen LogP contribution is 2.44. The van der Waals surface area contributed by atoms with Gasteiger partial charge in [-0.3, -0.25) is 9.59 Å². The Labute approximate surface area is 277 Å². The lowest BCUT2D eigenvalue weighted by atomic mass is 9.68. The number of carbonyl (C=O) groups is 2. The Hall–Kier alpha value is -2.89. The molecule has 0 radical (unpaired) electrons. The maximum Gasteiger partial charge on any atom is 0.161 e. The van der Waals surface area contributed by atoms with Gasteiger partial charge in [0.05, 0.1) is 10.0 Å². The molecule has 1 N–H and O–H groups in total. The number of benzene rings is 3. The summed E-state index contributed by atoms with van der Waals surface area (Å²) in [7, 11) is 0. The van der Waals surface area contributed by atoms with E-state index in [2.05, 4.69) is 70.9 Å². The second-order valence-electron chi connectivity index (χ2n) is 11.9. The number of carbonyl (C=O) groups excluding carboxylic acids is 2. The molecular formula is C37H41Cl3N2O2. The molecule has 2 aliphatic heterocycles. The molecule has 5 rings (SSSR count). The van der Waals surface area contributed by atoms with Crippen LogP contribution in [0.1, 0.15) is 75.5 Å². The average molecular weight is 652 g/mol. The van der Waals surface area contributed by atoms with Gasteiger partial charge in [-0.25, -0.2) is 0 Å². The summed E-state index contributed by atoms with van der Waals surface area (Å²) in [5.41, 5.74) is 6.18. The van der Waals surface area contributed by atoms with Gasteiger partial charge in [-0.1, -0.05) is 96.0 Å². The number of likely N-dealkylation sites (tertiary alicyclic amines) is 1. The second kappa shape index (κ2) is 14.9. The molecule has 0 saturated carbocycles. The number of dihydropyridines is 1. The summed E-state index contributed by atoms with van der Waals surface area (Å²) in [6.07, 6.45) is 4.27. The smallest absolute Gasteiger partial charge is 0.161 e. The highest BCUT2D eigenvalue weighted by atomic mass is 35.5. The Kier molecular flexibility index (Phi) is 11.5. The van der Waals surface area contributed by atoms with Crippen LogP contribution in [0.2, 0.25) is 10.0 Å². The van der Waals surface area contributed by atoms with Crippen molar-refractivity contribution in [2.24, 2.45) is 0 Å². The van der Waals surface area contributed by atoms with Gasteiger partial charge in [-0.05, 0) is 88.8 Å². The van der Waals surface area contributed by atoms with Crippen molar-refractivity contribution in [2.45, 2.75) is 64.2 Å². The predicted molar refractivity (Wildman–Crippen MR) is 184 cm³/mol. The molecule has 1 unspecified atom stereocenters. The standard InChI is InChI=1S/C37H40Cl2N2O2.ClH/c1-25-33(27(3)42)35(30-17-12-18-31(38)36(30)39)34(26(2)40-25)32(43)19-10-11-22-41-23-20-37(21-24-41,28-13-6-4-7-14-28)29-15-8-5-9-16-29;/h4-9,12-18,35,40H,10-11,19-24H2,1-3H3;1H. The van der Waals surface area contributed by atoms with Crippen LogP contribution < -0.4 is 5.32 Å². The number of unbranched alkanes of at least 4 members (excludes halogenated alkanes) is 1. The van der Waals surface area contributed by atoms with Crippen molar-refractivity contribution in [3.8, 4) is 0 Å². The lowest BCUT2D eigenvalue weighted by Crippen LogP contribution is -2.43. The van der Waals surface area contributed by atoms with Gasteiger partial charge >= 0.3 is 0 Å². The molecule has 2 aliphatic rings. The first-order chi connectivity index (χ1) is 20.7. The second-order valence-corrected chi connectivity index (χ2v) is 12.7. The molecular weight excluding hydrogens is 611 g/mol. The zero-order valence-electron chi connectivity index (χ0n) is 25.7. The third-order valence-electron chi connectivity index (χ3n) is 9.22. The lowest BCUT2D eigenvalue weighted by molar-refractivity contribution is -0.116. The van der Waals surface area contributed by atoms with Crippen molar-refractivity contribution in [3.05, 3.63) is 128 Å². The maximum atomic E-state index is 13.8. The summed E-state index contributed by atoms with van der Waals surface area (Å²) in [5.74, 6) is -0.581. The van der Waals surface area contributed by atoms with E-state index in [0.717, 1.165) is 56.7 Å². The summed E-state index contributed by atoms with van der Waals surface area (Å²) in [6, 6.07) is 27.2. The van der Waals surface area contributed by atoms with E-state index in [1.807, 2.05) is 26.0 Å². The summed E-state index contributed by atoms with van der Waals surface area (Å²) in [5, 5.41) is 4.08. The number of allylic oxidation sites excluding steroid dienone is 4. The third-order valence-corrected chi connectivity index (χ3v) is 10.1. The first-order valence-corrected chi connectivity index (χ1v) is 16.0. The molecule has 7 heteroatoms. The third kappa shape index (κ3) is 7.00. The van der Waals surface area contributed by atoms with Crippen molar-refractivity contribution < 1.29 is 9.59 Å². The van der Waals surface area contributed by atoms with Crippen LogP contribution in [0.5, 0.6) is 0 Å². The van der Waals surface area contributed by atoms with Crippen LogP contribution in [0.25, 0.3) is 0 Å². The Balaban J connectivity index is 0.00000442. The molecule has 0 bridgehead atoms. The highest BCUT2D eigenvalue weighted by Gasteiger charge is 2.38. The number of ketones is 2. The number of nitrogens with zero attached hydrogens (tertiary/aromatic N) is 1. The Morgan fingerprint density at radius 2 is 1.39 bits per heavy atom. The summed E-state index contributed by atoms with van der Waals surface area (Å²) < 4.78 is 0. The minimum atomic E-state index is -0.538. The number of piperidine rings is 1. The number of rotatable bonds is 10. The minimum absolute atomic E-state index is 0. The van der Waals surface area contributed by atoms with Crippen molar-refractivity contribution in [1.29, 1.82) is 0 Å². The van der Waals surface area contributed by atoms with E-state index >= 15 is 0 Å². The van der Waals surface area contributed by atoms with Crippen molar-refractivity contribution in [3.63, 3.8) is 0 Å². The van der Waals surface area contributed by atoms with Gasteiger partial charge in [0.1, 0.15) is 0 Å². The van der Waals surface area contributed by atoms with E-state index in [0.29, 0.717) is 33.2 Å². The normalized spacial score (nSPS) is 18.4. The van der Waals surface area contributed by atoms with Gasteiger partial charge < -0.3 is 10.2 Å². The molecule has 1 saturated heterocycles. The topological polar surface area (TPSA) is 49.4 Å². The van der Waals surface area contributed by atoms with Gasteiger partial charge in [-0.2, -0.15) is 0 Å². The molecule has 232 valence electrons. The summed E-state index contributed by atoms with van der Waals surface area (Å²) in [4.78, 5) is 29.1. The number of hydrogen-bond donors (Lipinski definition) is 1. The van der Waals surface area contributed by atoms with Crippen LogP contribution in [0.3, 0.4) is 0 Å². The zero-order chi connectivity index (χ0) is 30.6. The van der Waals surface area contributed by atoms with Crippen molar-refractivity contribution >= 4 is 47.2 Å². The van der Waals surface area contributed by atoms with Crippen LogP contribution in [0.15, 0.2) is 101 Å². The quantitative estimate of drug-likeness (QED) is 0.222. The van der Waals surface area contributed by atoms with E-state index in [9.17, 15) is 9.59 Å². The average Bonchev–Trinajstić information content (AvgIpc) is 3.01. The minimum Gasteiger partial charge on any atom is -0.362 e. The molecule has 0 aromatic heterocycles. The monoisotopic (exact) mass is 650 g/mol. The lowest BCUT2D eigenvalue weighted by Gasteiger charge is -2.43. The van der Waals surface area contributed by atoms with Crippen LogP contribution in [-0.2, 0) is 15.0 Å². The molecule has 1 atom stereocenters. The number of nitrogens with one attached hydrogen (secondary N) is 1. The maximum absolute atomic E-state index is 13.8. The zero-order valence-corrected chi connectivity index (χ0v) is 28.0. The fraction of sp³-hybridized carbons (Fsp3) is 0.351. The molecule has 44 heavy (non-hydrogen) atoms. The van der Waals surface area contributed by atoms with E-state index in [4.69, 9.17) is 23.2 Å². The van der Waals surface area contributed by atoms with Crippen LogP contribution in [-0.4, -0.2) is 36.1 Å². The number of Topliss-reactive ketones (excluding diaryl/α,β-unsaturated/α-hetero) is 2. The largest absolute Gasteiger partial charge is 0.362 e. The van der Waals surface area contributed by atoms with Gasteiger partial charge in [0, 0.05) is 40.3 Å². The fourth-order valence-electron chi connectivity index (χ4n) is 7.06. The number of halogens is 3. The first-order valence-electron chi connectivity index (χ1n) is 15.2. The SMILES string of the molecule is CC(=O)C1=C(C)NC(C)=C(C(=O)CCCCN2CCC(c3ccccc3)(c3ccccc3)CC2)C1c1cccc(Cl)c1Cl.Cl. The molecule has 4 nitrogen and oxygen atoms in total. The van der Waals surface area contributed by atoms with Gasteiger partial charge in [0.2, 0.25) is 0 Å². The molecule has 0 spiro atoms. The molecule has 2 heterocycles. The van der Waals surface area contributed by atoms with E-state index < -0.39 is 5.92 Å². The highest BCUT2D eigenvalue weighted by molar-refractivity contribution is 6.42. The fourth-order valence-corrected chi connectivity index (χ4v) is 7.47. The Bertz CT molecular complexity index is 1500. The molecule has 0 aliphatic carbocycles. The van der Waals surface area contributed by atoms with Crippen LogP contribution in [0.4, 0.5) is 0 Å². The van der Waals surface area contributed by atoms with E-state index in [-0.39, 0.29) is 29.4 Å². The molecule has 0 amide bonds. The van der Waals surface area contributed by atoms with Crippen LogP contribution >= 0.6 is 35.6 Å². The molecule has 3 aromatic carbocycles. The first kappa shape index (κ1) is 34.0. The predicted octanol–water partition coefficient (Wildman–Crippen LogP) is 9.06. The Morgan fingerprint density at radius 1 is 0.818 bits per heavy atom. The summed E-state index contributed by atoms with van der Waals surface area (Å²) >= 11 is 13.0. The van der Waals surface area contributed by atoms with Crippen molar-refractivity contribution in [1.82, 2.24) is 10.2 Å². The van der Waals surface area contributed by atoms with Crippen LogP contribution in [0, 0.1) is 0 Å². The van der Waals surface area contributed by atoms with E-state index in [1.54, 1.807) is 6.07 Å². The van der Waals surface area contributed by atoms with Gasteiger partial charge in [0.25, 0.3) is 0 Å². The van der Waals surface area contributed by atoms with Crippen molar-refractivity contribution in [2.75, 3.05) is 19.6 Å². The summed E-state index contributed by atoms with van der Waals surface area (Å²) in [6.45, 7) is 8.32. The van der Waals surface area contributed by atoms with E-state index in [1.165, 1.54) is 18.1 Å². The Morgan fingerprint density at radius 3 is 1.95 bits per heavy atom. The van der Waals surface area contributed by atoms with Gasteiger partial charge in [-0.15, -0.1) is 12.4 Å². The number of hydrogen-bond acceptors (Lipinski definition) is 4. The molecule has 1 fully saturated rings.